The third kappa shape index (κ3) is 13.1. The highest BCUT2D eigenvalue weighted by Crippen LogP contribution is 2.67. The van der Waals surface area contributed by atoms with Crippen LogP contribution in [0.5, 0.6) is 0 Å². The average molecular weight is 737 g/mol. The molecule has 3 fully saturated rings. The third-order valence-electron chi connectivity index (χ3n) is 16.6. The van der Waals surface area contributed by atoms with Crippen molar-refractivity contribution in [3.8, 4) is 0 Å². The molecule has 0 aromatic rings. The van der Waals surface area contributed by atoms with Gasteiger partial charge in [-0.15, -0.1) is 0 Å². The van der Waals surface area contributed by atoms with Gasteiger partial charge in [0.05, 0.1) is 0 Å². The number of allylic oxidation sites excluding steroid dienone is 1. The van der Waals surface area contributed by atoms with E-state index >= 15 is 0 Å². The number of carbonyl (C=O) groups excluding carboxylic acids is 1. The zero-order chi connectivity index (χ0) is 38.1. The van der Waals surface area contributed by atoms with Gasteiger partial charge in [-0.1, -0.05) is 189 Å². The van der Waals surface area contributed by atoms with Gasteiger partial charge in [0.2, 0.25) is 0 Å². The van der Waals surface area contributed by atoms with Gasteiger partial charge in [0.1, 0.15) is 6.10 Å². The first-order chi connectivity index (χ1) is 25.6. The maximum atomic E-state index is 12.9. The van der Waals surface area contributed by atoms with E-state index in [2.05, 4.69) is 54.5 Å². The Labute approximate surface area is 332 Å². The Morgan fingerprint density at radius 3 is 1.81 bits per heavy atom. The number of ether oxygens (including phenoxy) is 1. The largest absolute Gasteiger partial charge is 0.462 e. The van der Waals surface area contributed by atoms with Crippen LogP contribution >= 0.6 is 0 Å². The standard InChI is InChI=1S/C51H92O2/c1-8-10-11-12-13-14-15-16-17-18-19-20-21-22-23-24-25-26-27-28-49(52)53-44-35-37-50(6)43(39-44)31-32-45-47-34-33-46(51(47,7)38-36-48(45)50)41(5)29-30-42(9-2)40(3)4/h31,40-42,44-48H,8-30,32-39H2,1-7H3/t41-,42+,44+,45-,46-,47-,48-,50+,51-/m1/s1. The van der Waals surface area contributed by atoms with Gasteiger partial charge in [0.25, 0.3) is 0 Å². The normalized spacial score (nSPS) is 30.7. The summed E-state index contributed by atoms with van der Waals surface area (Å²) in [6, 6.07) is 0. The molecule has 0 saturated heterocycles. The van der Waals surface area contributed by atoms with Crippen LogP contribution in [0.25, 0.3) is 0 Å². The quantitative estimate of drug-likeness (QED) is 0.0477. The molecule has 0 radical (unpaired) electrons. The van der Waals surface area contributed by atoms with Crippen molar-refractivity contribution in [3.63, 3.8) is 0 Å². The number of unbranched alkanes of at least 4 members (excludes halogenated alkanes) is 18. The van der Waals surface area contributed by atoms with Gasteiger partial charge in [-0.3, -0.25) is 4.79 Å². The lowest BCUT2D eigenvalue weighted by atomic mass is 9.47. The highest BCUT2D eigenvalue weighted by atomic mass is 16.5. The van der Waals surface area contributed by atoms with Crippen LogP contribution in [0.15, 0.2) is 11.6 Å². The molecule has 0 N–H and O–H groups in total. The summed E-state index contributed by atoms with van der Waals surface area (Å²) >= 11 is 0. The molecular weight excluding hydrogens is 645 g/mol. The second-order valence-corrected chi connectivity index (χ2v) is 20.4. The Hall–Kier alpha value is -0.790. The lowest BCUT2D eigenvalue weighted by Crippen LogP contribution is -2.51. The minimum Gasteiger partial charge on any atom is -0.462 e. The van der Waals surface area contributed by atoms with Crippen molar-refractivity contribution < 1.29 is 9.53 Å². The number of hydrogen-bond acceptors (Lipinski definition) is 2. The number of fused-ring (bicyclic) bond motifs is 5. The third-order valence-corrected chi connectivity index (χ3v) is 16.6. The van der Waals surface area contributed by atoms with Gasteiger partial charge < -0.3 is 4.74 Å². The number of esters is 1. The lowest BCUT2D eigenvalue weighted by Gasteiger charge is -2.58. The van der Waals surface area contributed by atoms with Crippen molar-refractivity contribution in [2.24, 2.45) is 52.3 Å². The minimum atomic E-state index is 0.0677. The fourth-order valence-electron chi connectivity index (χ4n) is 13.0. The SMILES string of the molecule is CCCCCCCCCCCCCCCCCCCCCC(=O)O[C@H]1CC[C@@]2(C)C(=CC[C@@H]3[C@H]4CC[C@H]([C@H](C)CC[C@H](CC)C(C)C)[C@@]4(C)CC[C@H]32)C1. The van der Waals surface area contributed by atoms with Gasteiger partial charge in [0.15, 0.2) is 0 Å². The van der Waals surface area contributed by atoms with E-state index in [9.17, 15) is 4.79 Å². The van der Waals surface area contributed by atoms with E-state index < -0.39 is 0 Å². The maximum Gasteiger partial charge on any atom is 0.306 e. The van der Waals surface area contributed by atoms with E-state index in [-0.39, 0.29) is 12.1 Å². The molecule has 0 aromatic heterocycles. The number of carbonyl (C=O) groups is 1. The molecule has 53 heavy (non-hydrogen) atoms. The van der Waals surface area contributed by atoms with E-state index in [0.29, 0.717) is 17.3 Å². The summed E-state index contributed by atoms with van der Waals surface area (Å²) in [5.74, 6) is 6.17. The molecular formula is C51H92O2. The molecule has 0 aliphatic heterocycles. The molecule has 3 saturated carbocycles. The van der Waals surface area contributed by atoms with Gasteiger partial charge in [-0.05, 0) is 110 Å². The first kappa shape index (κ1) is 44.9. The number of hydrogen-bond donors (Lipinski definition) is 0. The van der Waals surface area contributed by atoms with Crippen LogP contribution < -0.4 is 0 Å². The number of rotatable bonds is 27. The fraction of sp³-hybridized carbons (Fsp3) is 0.941. The molecule has 4 rings (SSSR count). The molecule has 0 amide bonds. The van der Waals surface area contributed by atoms with E-state index in [1.165, 1.54) is 173 Å². The van der Waals surface area contributed by atoms with Gasteiger partial charge in [-0.2, -0.15) is 0 Å². The molecule has 2 nitrogen and oxygen atoms in total. The van der Waals surface area contributed by atoms with Crippen molar-refractivity contribution in [2.75, 3.05) is 0 Å². The van der Waals surface area contributed by atoms with Crippen molar-refractivity contribution >= 4 is 5.97 Å². The Kier molecular flexibility index (Phi) is 19.9. The van der Waals surface area contributed by atoms with Gasteiger partial charge >= 0.3 is 5.97 Å². The molecule has 0 bridgehead atoms. The topological polar surface area (TPSA) is 26.3 Å². The lowest BCUT2D eigenvalue weighted by molar-refractivity contribution is -0.151. The molecule has 4 aliphatic rings. The fourth-order valence-corrected chi connectivity index (χ4v) is 13.0. The van der Waals surface area contributed by atoms with E-state index in [1.807, 2.05) is 0 Å². The highest BCUT2D eigenvalue weighted by molar-refractivity contribution is 5.69. The zero-order valence-corrected chi connectivity index (χ0v) is 36.9. The van der Waals surface area contributed by atoms with Crippen LogP contribution in [-0.4, -0.2) is 12.1 Å². The molecule has 0 heterocycles. The predicted octanol–water partition coefficient (Wildman–Crippen LogP) is 16.4. The molecule has 4 aliphatic carbocycles. The van der Waals surface area contributed by atoms with Crippen LogP contribution in [0.2, 0.25) is 0 Å². The summed E-state index contributed by atoms with van der Waals surface area (Å²) < 4.78 is 6.17. The summed E-state index contributed by atoms with van der Waals surface area (Å²) in [6.45, 7) is 17.5. The second kappa shape index (κ2) is 23.4. The Morgan fingerprint density at radius 2 is 1.26 bits per heavy atom. The monoisotopic (exact) mass is 737 g/mol. The van der Waals surface area contributed by atoms with Gasteiger partial charge in [-0.25, -0.2) is 0 Å². The summed E-state index contributed by atoms with van der Waals surface area (Å²) in [5.41, 5.74) is 2.52. The Morgan fingerprint density at radius 1 is 0.698 bits per heavy atom. The van der Waals surface area contributed by atoms with E-state index in [4.69, 9.17) is 4.74 Å². The maximum absolute atomic E-state index is 12.9. The highest BCUT2D eigenvalue weighted by Gasteiger charge is 2.59. The summed E-state index contributed by atoms with van der Waals surface area (Å²) in [5, 5.41) is 0. The van der Waals surface area contributed by atoms with Crippen LogP contribution in [0.4, 0.5) is 0 Å². The zero-order valence-electron chi connectivity index (χ0n) is 36.9. The van der Waals surface area contributed by atoms with Crippen molar-refractivity contribution in [1.29, 1.82) is 0 Å². The average Bonchev–Trinajstić information content (AvgIpc) is 3.50. The van der Waals surface area contributed by atoms with Crippen LogP contribution in [0.1, 0.15) is 248 Å². The van der Waals surface area contributed by atoms with Crippen LogP contribution in [0.3, 0.4) is 0 Å². The van der Waals surface area contributed by atoms with Crippen molar-refractivity contribution in [3.05, 3.63) is 11.6 Å². The first-order valence-corrected chi connectivity index (χ1v) is 24.5. The molecule has 0 spiro atoms. The molecule has 308 valence electrons. The Bertz CT molecular complexity index is 1040. The predicted molar refractivity (Wildman–Crippen MR) is 230 cm³/mol. The second-order valence-electron chi connectivity index (χ2n) is 20.4. The smallest absolute Gasteiger partial charge is 0.306 e. The summed E-state index contributed by atoms with van der Waals surface area (Å²) in [4.78, 5) is 12.9. The van der Waals surface area contributed by atoms with Crippen molar-refractivity contribution in [2.45, 2.75) is 254 Å². The van der Waals surface area contributed by atoms with Gasteiger partial charge in [0, 0.05) is 12.8 Å². The molecule has 0 aromatic carbocycles. The Balaban J connectivity index is 1.05. The first-order valence-electron chi connectivity index (χ1n) is 24.5. The minimum absolute atomic E-state index is 0.0677. The summed E-state index contributed by atoms with van der Waals surface area (Å²) in [6.07, 6.45) is 44.2. The van der Waals surface area contributed by atoms with E-state index in [0.717, 1.165) is 60.7 Å². The van der Waals surface area contributed by atoms with Crippen LogP contribution in [-0.2, 0) is 9.53 Å². The van der Waals surface area contributed by atoms with Crippen LogP contribution in [0, 0.1) is 52.3 Å². The van der Waals surface area contributed by atoms with E-state index in [1.54, 1.807) is 5.57 Å². The summed E-state index contributed by atoms with van der Waals surface area (Å²) in [7, 11) is 0. The molecule has 9 atom stereocenters. The molecule has 0 unspecified atom stereocenters. The van der Waals surface area contributed by atoms with Crippen molar-refractivity contribution in [1.82, 2.24) is 0 Å². The molecule has 2 heteroatoms.